The van der Waals surface area contributed by atoms with Gasteiger partial charge in [-0.05, 0) is 26.8 Å². The number of anilines is 2. The molecule has 13 nitrogen and oxygen atoms in total. The molecule has 0 amide bonds. The molecule has 1 fully saturated rings. The first-order chi connectivity index (χ1) is 15.2. The van der Waals surface area contributed by atoms with Crippen molar-refractivity contribution < 1.29 is 14.6 Å². The van der Waals surface area contributed by atoms with Crippen LogP contribution in [0.2, 0.25) is 0 Å². The highest BCUT2D eigenvalue weighted by molar-refractivity contribution is 5.81. The van der Waals surface area contributed by atoms with Gasteiger partial charge in [-0.3, -0.25) is 9.55 Å². The number of ether oxygens (including phenoxy) is 2. The van der Waals surface area contributed by atoms with E-state index in [4.69, 9.17) is 20.9 Å². The number of H-pyrrole nitrogens is 1. The summed E-state index contributed by atoms with van der Waals surface area (Å²) in [6.45, 7) is 4.19. The predicted octanol–water partition coefficient (Wildman–Crippen LogP) is -0.345. The molecule has 0 spiro atoms. The molecule has 0 radical (unpaired) electrons. The molecule has 7 N–H and O–H groups in total. The number of nitrogens with one attached hydrogen (secondary N) is 2. The van der Waals surface area contributed by atoms with Crippen LogP contribution in [-0.4, -0.2) is 59.1 Å². The number of hydrogen-bond donors (Lipinski definition) is 5. The Morgan fingerprint density at radius 2 is 2.16 bits per heavy atom. The molecule has 4 rings (SSSR count). The van der Waals surface area contributed by atoms with Crippen LogP contribution < -0.4 is 22.5 Å². The van der Waals surface area contributed by atoms with E-state index in [9.17, 15) is 9.90 Å². The Balaban J connectivity index is 1.43. The molecule has 32 heavy (non-hydrogen) atoms. The number of nitrogens with two attached hydrogens (primary N) is 2. The molecular weight excluding hydrogens is 418 g/mol. The van der Waals surface area contributed by atoms with Crippen molar-refractivity contribution in [3.8, 4) is 0 Å². The van der Waals surface area contributed by atoms with Gasteiger partial charge in [0, 0.05) is 24.7 Å². The molecule has 1 aliphatic heterocycles. The molecule has 3 aromatic rings. The maximum absolute atomic E-state index is 11.2. The highest BCUT2D eigenvalue weighted by Gasteiger charge is 2.40. The van der Waals surface area contributed by atoms with E-state index >= 15 is 0 Å². The summed E-state index contributed by atoms with van der Waals surface area (Å²) in [7, 11) is 0. The Morgan fingerprint density at radius 3 is 2.91 bits per heavy atom. The van der Waals surface area contributed by atoms with Crippen molar-refractivity contribution >= 4 is 22.8 Å². The summed E-state index contributed by atoms with van der Waals surface area (Å²) in [6.07, 6.45) is 4.54. The largest absolute Gasteiger partial charge is 0.385 e. The molecule has 0 unspecified atom stereocenters. The van der Waals surface area contributed by atoms with Crippen LogP contribution in [0.4, 0.5) is 11.6 Å². The predicted molar refractivity (Wildman–Crippen MR) is 115 cm³/mol. The molecule has 0 saturated carbocycles. The van der Waals surface area contributed by atoms with Gasteiger partial charge >= 0.3 is 5.69 Å². The molecule has 0 bridgehead atoms. The number of nitrogen functional groups attached to an aromatic ring is 2. The van der Waals surface area contributed by atoms with Crippen molar-refractivity contribution in [3.63, 3.8) is 0 Å². The Labute approximate surface area is 183 Å². The van der Waals surface area contributed by atoms with Crippen LogP contribution >= 0.6 is 0 Å². The third kappa shape index (κ3) is 4.85. The van der Waals surface area contributed by atoms with E-state index < -0.39 is 11.5 Å². The molecule has 1 saturated heterocycles. The van der Waals surface area contributed by atoms with Crippen LogP contribution in [0.5, 0.6) is 0 Å². The van der Waals surface area contributed by atoms with E-state index in [0.717, 1.165) is 0 Å². The van der Waals surface area contributed by atoms with Gasteiger partial charge < -0.3 is 31.4 Å². The minimum absolute atomic E-state index is 0.283. The van der Waals surface area contributed by atoms with Crippen LogP contribution in [0, 0.1) is 0 Å². The molecule has 13 heteroatoms. The smallest absolute Gasteiger partial charge is 0.346 e. The number of rotatable bonds is 8. The first-order valence-electron chi connectivity index (χ1n) is 10.2. The number of fused-ring (bicyclic) bond motifs is 1. The van der Waals surface area contributed by atoms with E-state index in [1.54, 1.807) is 24.7 Å². The quantitative estimate of drug-likeness (QED) is 0.225. The molecule has 0 aromatic carbocycles. The molecular formula is C19H27N9O4. The summed E-state index contributed by atoms with van der Waals surface area (Å²) in [5.41, 5.74) is 13.0. The number of nitrogens with zero attached hydrogens (tertiary/aromatic N) is 5. The molecule has 1 aliphatic rings. The molecule has 172 valence electrons. The van der Waals surface area contributed by atoms with Crippen molar-refractivity contribution in [2.45, 2.75) is 57.5 Å². The van der Waals surface area contributed by atoms with Gasteiger partial charge in [-0.1, -0.05) is 0 Å². The van der Waals surface area contributed by atoms with Gasteiger partial charge in [-0.2, -0.15) is 0 Å². The lowest BCUT2D eigenvalue weighted by Crippen LogP contribution is -2.36. The zero-order valence-electron chi connectivity index (χ0n) is 17.9. The van der Waals surface area contributed by atoms with Crippen molar-refractivity contribution in [2.24, 2.45) is 0 Å². The number of imidazole rings is 1. The second kappa shape index (κ2) is 8.78. The van der Waals surface area contributed by atoms with Gasteiger partial charge in [0.1, 0.15) is 23.9 Å². The SMILES string of the molecule is CC(C)(O)O[C@@H]1C[C@H](n2cnc3c(N)ncnc32)O[C@@H]1CCNCc1cnc(=O)[nH]c1N. The third-order valence-electron chi connectivity index (χ3n) is 5.16. The fourth-order valence-electron chi connectivity index (χ4n) is 3.75. The highest BCUT2D eigenvalue weighted by atomic mass is 16.6. The van der Waals surface area contributed by atoms with E-state index in [0.29, 0.717) is 48.5 Å². The van der Waals surface area contributed by atoms with E-state index in [1.165, 1.54) is 12.5 Å². The zero-order chi connectivity index (χ0) is 22.9. The van der Waals surface area contributed by atoms with E-state index in [1.807, 2.05) is 0 Å². The average Bonchev–Trinajstić information content (AvgIpc) is 3.30. The maximum Gasteiger partial charge on any atom is 0.346 e. The first kappa shape index (κ1) is 22.1. The van der Waals surface area contributed by atoms with Crippen molar-refractivity contribution in [2.75, 3.05) is 18.0 Å². The number of aromatic amines is 1. The minimum Gasteiger partial charge on any atom is -0.385 e. The van der Waals surface area contributed by atoms with Gasteiger partial charge in [0.05, 0.1) is 18.5 Å². The second-order valence-corrected chi connectivity index (χ2v) is 8.14. The van der Waals surface area contributed by atoms with E-state index in [2.05, 4.69) is 30.2 Å². The third-order valence-corrected chi connectivity index (χ3v) is 5.16. The summed E-state index contributed by atoms with van der Waals surface area (Å²) < 4.78 is 13.9. The number of aromatic nitrogens is 6. The lowest BCUT2D eigenvalue weighted by Gasteiger charge is -2.26. The zero-order valence-corrected chi connectivity index (χ0v) is 17.9. The molecule has 4 heterocycles. The topological polar surface area (TPSA) is 192 Å². The monoisotopic (exact) mass is 445 g/mol. The van der Waals surface area contributed by atoms with Crippen molar-refractivity contribution in [3.05, 3.63) is 34.9 Å². The van der Waals surface area contributed by atoms with Crippen LogP contribution in [0.1, 0.15) is 38.5 Å². The lowest BCUT2D eigenvalue weighted by molar-refractivity contribution is -0.214. The van der Waals surface area contributed by atoms with Gasteiger partial charge in [0.25, 0.3) is 0 Å². The molecule has 3 atom stereocenters. The average molecular weight is 445 g/mol. The van der Waals surface area contributed by atoms with Crippen LogP contribution in [-0.2, 0) is 16.0 Å². The fourth-order valence-corrected chi connectivity index (χ4v) is 3.75. The Kier molecular flexibility index (Phi) is 6.06. The Bertz CT molecular complexity index is 1140. The van der Waals surface area contributed by atoms with Crippen molar-refractivity contribution in [1.82, 2.24) is 34.8 Å². The number of hydrogen-bond acceptors (Lipinski definition) is 11. The van der Waals surface area contributed by atoms with Crippen LogP contribution in [0.3, 0.4) is 0 Å². The Hall–Kier alpha value is -3.13. The van der Waals surface area contributed by atoms with E-state index in [-0.39, 0.29) is 24.3 Å². The first-order valence-corrected chi connectivity index (χ1v) is 10.2. The molecule has 3 aromatic heterocycles. The molecule has 0 aliphatic carbocycles. The van der Waals surface area contributed by atoms with Crippen molar-refractivity contribution in [1.29, 1.82) is 0 Å². The van der Waals surface area contributed by atoms with Gasteiger partial charge in [-0.25, -0.2) is 24.7 Å². The summed E-state index contributed by atoms with van der Waals surface area (Å²) in [5, 5.41) is 13.5. The highest BCUT2D eigenvalue weighted by Crippen LogP contribution is 2.35. The summed E-state index contributed by atoms with van der Waals surface area (Å²) in [4.78, 5) is 29.9. The summed E-state index contributed by atoms with van der Waals surface area (Å²) in [6, 6.07) is 0. The number of aliphatic hydroxyl groups is 1. The normalized spacial score (nSPS) is 21.4. The van der Waals surface area contributed by atoms with Gasteiger partial charge in [-0.15, -0.1) is 0 Å². The summed E-state index contributed by atoms with van der Waals surface area (Å²) >= 11 is 0. The summed E-state index contributed by atoms with van der Waals surface area (Å²) in [5.74, 6) is -0.729. The fraction of sp³-hybridized carbons (Fsp3) is 0.526. The van der Waals surface area contributed by atoms with Crippen LogP contribution in [0.15, 0.2) is 23.6 Å². The van der Waals surface area contributed by atoms with Gasteiger partial charge in [0.15, 0.2) is 17.3 Å². The van der Waals surface area contributed by atoms with Crippen LogP contribution in [0.25, 0.3) is 11.2 Å². The van der Waals surface area contributed by atoms with Gasteiger partial charge in [0.2, 0.25) is 0 Å². The standard InChI is InChI=1S/C19H27N9O4/c1-19(2,30)32-12-5-13(28-9-26-14-16(21)24-8-25-17(14)28)31-11(12)3-4-22-6-10-7-23-18(29)27-15(10)20/h7-9,11-13,22,30H,3-6H2,1-2H3,(H2,21,24,25)(H3,20,23,27,29)/t11-,12-,13-/m1/s1. The maximum atomic E-state index is 11.2. The lowest BCUT2D eigenvalue weighted by atomic mass is 10.1. The Morgan fingerprint density at radius 1 is 1.34 bits per heavy atom. The minimum atomic E-state index is -1.31. The second-order valence-electron chi connectivity index (χ2n) is 8.14.